The van der Waals surface area contributed by atoms with E-state index in [1.807, 2.05) is 0 Å². The second-order valence-electron chi connectivity index (χ2n) is 5.46. The second kappa shape index (κ2) is 6.83. The second-order valence-corrected chi connectivity index (χ2v) is 7.70. The van der Waals surface area contributed by atoms with Crippen LogP contribution in [0, 0.1) is 0 Å². The number of nitrogens with one attached hydrogen (secondary N) is 1. The third kappa shape index (κ3) is 5.46. The molecule has 0 spiro atoms. The number of halogens is 1. The molecule has 7 heteroatoms. The van der Waals surface area contributed by atoms with E-state index in [4.69, 9.17) is 16.0 Å². The molecule has 2 rings (SSSR count). The molecule has 22 heavy (non-hydrogen) atoms. The van der Waals surface area contributed by atoms with Crippen molar-refractivity contribution in [3.8, 4) is 0 Å². The predicted octanol–water partition coefficient (Wildman–Crippen LogP) is 2.35. The van der Waals surface area contributed by atoms with Crippen LogP contribution < -0.4 is 4.72 Å². The molecule has 1 heterocycles. The Labute approximate surface area is 135 Å². The fraction of sp³-hybridized carbons (Fsp3) is 0.333. The first-order valence-electron chi connectivity index (χ1n) is 6.72. The minimum atomic E-state index is -3.54. The summed E-state index contributed by atoms with van der Waals surface area (Å²) >= 11 is 5.76. The van der Waals surface area contributed by atoms with Crippen LogP contribution in [-0.4, -0.2) is 25.7 Å². The molecule has 0 radical (unpaired) electrons. The summed E-state index contributed by atoms with van der Waals surface area (Å²) in [6.07, 6.45) is 1.74. The smallest absolute Gasteiger partial charge is 0.215 e. The zero-order valence-electron chi connectivity index (χ0n) is 12.1. The zero-order chi connectivity index (χ0) is 16.2. The zero-order valence-corrected chi connectivity index (χ0v) is 13.7. The van der Waals surface area contributed by atoms with Gasteiger partial charge < -0.3 is 9.52 Å². The largest absolute Gasteiger partial charge is 0.469 e. The molecule has 0 saturated heterocycles. The molecule has 1 aromatic carbocycles. The van der Waals surface area contributed by atoms with Crippen LogP contribution in [0.15, 0.2) is 47.1 Å². The SMILES string of the molecule is CC(O)(CNS(=O)(=O)Cc1ccc(Cl)cc1)Cc1ccco1. The summed E-state index contributed by atoms with van der Waals surface area (Å²) in [6.45, 7) is 1.46. The van der Waals surface area contributed by atoms with Gasteiger partial charge in [0.05, 0.1) is 17.6 Å². The van der Waals surface area contributed by atoms with Crippen LogP contribution in [0.1, 0.15) is 18.2 Å². The van der Waals surface area contributed by atoms with E-state index in [-0.39, 0.29) is 18.7 Å². The van der Waals surface area contributed by atoms with Crippen molar-refractivity contribution in [2.45, 2.75) is 24.7 Å². The summed E-state index contributed by atoms with van der Waals surface area (Å²) in [7, 11) is -3.54. The molecule has 0 saturated carbocycles. The van der Waals surface area contributed by atoms with Crippen molar-refractivity contribution >= 4 is 21.6 Å². The van der Waals surface area contributed by atoms with Crippen molar-refractivity contribution in [2.75, 3.05) is 6.54 Å². The molecule has 2 aromatic rings. The summed E-state index contributed by atoms with van der Waals surface area (Å²) in [5, 5.41) is 10.8. The van der Waals surface area contributed by atoms with Gasteiger partial charge in [-0.2, -0.15) is 0 Å². The molecule has 0 aliphatic heterocycles. The molecular formula is C15H18ClNO4S. The van der Waals surface area contributed by atoms with E-state index >= 15 is 0 Å². The van der Waals surface area contributed by atoms with Crippen LogP contribution in [0.2, 0.25) is 5.02 Å². The maximum absolute atomic E-state index is 12.1. The van der Waals surface area contributed by atoms with Crippen LogP contribution in [0.4, 0.5) is 0 Å². The third-order valence-corrected chi connectivity index (χ3v) is 4.63. The molecule has 0 fully saturated rings. The maximum atomic E-state index is 12.1. The van der Waals surface area contributed by atoms with Crippen molar-refractivity contribution in [2.24, 2.45) is 0 Å². The monoisotopic (exact) mass is 343 g/mol. The normalized spacial score (nSPS) is 14.7. The van der Waals surface area contributed by atoms with Gasteiger partial charge in [0.15, 0.2) is 0 Å². The number of hydrogen-bond donors (Lipinski definition) is 2. The molecule has 0 aliphatic carbocycles. The topological polar surface area (TPSA) is 79.5 Å². The Bertz CT molecular complexity index is 694. The Balaban J connectivity index is 1.92. The molecule has 5 nitrogen and oxygen atoms in total. The predicted molar refractivity (Wildman–Crippen MR) is 85.1 cm³/mol. The van der Waals surface area contributed by atoms with Crippen molar-refractivity contribution in [1.82, 2.24) is 4.72 Å². The summed E-state index contributed by atoms with van der Waals surface area (Å²) in [5.41, 5.74) is -0.604. The lowest BCUT2D eigenvalue weighted by Gasteiger charge is -2.22. The molecule has 0 amide bonds. The molecule has 2 N–H and O–H groups in total. The first-order chi connectivity index (χ1) is 10.3. The van der Waals surface area contributed by atoms with E-state index in [0.717, 1.165) is 0 Å². The highest BCUT2D eigenvalue weighted by atomic mass is 35.5. The number of aliphatic hydroxyl groups is 1. The maximum Gasteiger partial charge on any atom is 0.215 e. The third-order valence-electron chi connectivity index (χ3n) is 3.08. The van der Waals surface area contributed by atoms with Gasteiger partial charge in [0.2, 0.25) is 10.0 Å². The summed E-state index contributed by atoms with van der Waals surface area (Å²) in [5.74, 6) is 0.433. The fourth-order valence-electron chi connectivity index (χ4n) is 1.97. The van der Waals surface area contributed by atoms with Crippen LogP contribution in [0.3, 0.4) is 0 Å². The lowest BCUT2D eigenvalue weighted by atomic mass is 10.0. The Kier molecular flexibility index (Phi) is 5.28. The van der Waals surface area contributed by atoms with Gasteiger partial charge in [0.1, 0.15) is 5.76 Å². The number of sulfonamides is 1. The lowest BCUT2D eigenvalue weighted by Crippen LogP contribution is -2.42. The van der Waals surface area contributed by atoms with Gasteiger partial charge in [-0.25, -0.2) is 13.1 Å². The first kappa shape index (κ1) is 17.0. The highest BCUT2D eigenvalue weighted by molar-refractivity contribution is 7.88. The quantitative estimate of drug-likeness (QED) is 0.808. The van der Waals surface area contributed by atoms with Crippen LogP contribution >= 0.6 is 11.6 Å². The van der Waals surface area contributed by atoms with E-state index in [9.17, 15) is 13.5 Å². The molecular weight excluding hydrogens is 326 g/mol. The molecule has 0 aliphatic rings. The van der Waals surface area contributed by atoms with Crippen molar-refractivity contribution in [3.05, 3.63) is 59.0 Å². The number of furan rings is 1. The Morgan fingerprint density at radius 1 is 1.27 bits per heavy atom. The fourth-order valence-corrected chi connectivity index (χ4v) is 3.36. The Morgan fingerprint density at radius 3 is 2.55 bits per heavy atom. The van der Waals surface area contributed by atoms with Gasteiger partial charge in [-0.05, 0) is 36.8 Å². The van der Waals surface area contributed by atoms with Gasteiger partial charge in [-0.15, -0.1) is 0 Å². The highest BCUT2D eigenvalue weighted by Gasteiger charge is 2.25. The number of rotatable bonds is 7. The van der Waals surface area contributed by atoms with E-state index in [1.165, 1.54) is 6.26 Å². The first-order valence-corrected chi connectivity index (χ1v) is 8.75. The highest BCUT2D eigenvalue weighted by Crippen LogP contribution is 2.15. The number of benzene rings is 1. The summed E-state index contributed by atoms with van der Waals surface area (Å²) in [6, 6.07) is 10.0. The Morgan fingerprint density at radius 2 is 1.95 bits per heavy atom. The average Bonchev–Trinajstić information content (AvgIpc) is 2.91. The standard InChI is InChI=1S/C15H18ClNO4S/c1-15(18,9-14-3-2-8-21-14)11-17-22(19,20)10-12-4-6-13(16)7-5-12/h2-8,17-18H,9-11H2,1H3. The molecule has 1 atom stereocenters. The average molecular weight is 344 g/mol. The van der Waals surface area contributed by atoms with Crippen molar-refractivity contribution in [3.63, 3.8) is 0 Å². The van der Waals surface area contributed by atoms with Crippen LogP contribution in [0.25, 0.3) is 0 Å². The van der Waals surface area contributed by atoms with Crippen LogP contribution in [-0.2, 0) is 22.2 Å². The lowest BCUT2D eigenvalue weighted by molar-refractivity contribution is 0.0603. The minimum Gasteiger partial charge on any atom is -0.469 e. The van der Waals surface area contributed by atoms with Gasteiger partial charge in [-0.3, -0.25) is 0 Å². The molecule has 0 bridgehead atoms. The van der Waals surface area contributed by atoms with E-state index in [2.05, 4.69) is 4.72 Å². The summed E-state index contributed by atoms with van der Waals surface area (Å²) in [4.78, 5) is 0. The van der Waals surface area contributed by atoms with Crippen molar-refractivity contribution < 1.29 is 17.9 Å². The van der Waals surface area contributed by atoms with Crippen LogP contribution in [0.5, 0.6) is 0 Å². The van der Waals surface area contributed by atoms with Gasteiger partial charge in [0, 0.05) is 18.0 Å². The minimum absolute atomic E-state index is 0.0936. The number of hydrogen-bond acceptors (Lipinski definition) is 4. The van der Waals surface area contributed by atoms with E-state index < -0.39 is 15.6 Å². The Hall–Kier alpha value is -1.34. The van der Waals surface area contributed by atoms with Gasteiger partial charge in [0.25, 0.3) is 0 Å². The van der Waals surface area contributed by atoms with Gasteiger partial charge in [-0.1, -0.05) is 23.7 Å². The van der Waals surface area contributed by atoms with E-state index in [0.29, 0.717) is 16.3 Å². The van der Waals surface area contributed by atoms with Gasteiger partial charge >= 0.3 is 0 Å². The molecule has 120 valence electrons. The van der Waals surface area contributed by atoms with E-state index in [1.54, 1.807) is 43.3 Å². The molecule has 1 aromatic heterocycles. The molecule has 1 unspecified atom stereocenters. The van der Waals surface area contributed by atoms with Crippen molar-refractivity contribution in [1.29, 1.82) is 0 Å². The summed E-state index contributed by atoms with van der Waals surface area (Å²) < 4.78 is 31.7.